The van der Waals surface area contributed by atoms with E-state index in [1.54, 1.807) is 0 Å². The fraction of sp³-hybridized carbons (Fsp3) is 0.812. The molecule has 19 heavy (non-hydrogen) atoms. The number of aromatic nitrogens is 2. The molecule has 1 atom stereocenters. The molecule has 1 unspecified atom stereocenters. The second-order valence-electron chi connectivity index (χ2n) is 6.56. The summed E-state index contributed by atoms with van der Waals surface area (Å²) < 4.78 is 2.34. The maximum absolute atomic E-state index is 4.67. The number of imidazole rings is 1. The van der Waals surface area contributed by atoms with Crippen LogP contribution in [0.25, 0.3) is 0 Å². The highest BCUT2D eigenvalue weighted by molar-refractivity contribution is 5.31. The van der Waals surface area contributed by atoms with Gasteiger partial charge in [0, 0.05) is 18.3 Å². The summed E-state index contributed by atoms with van der Waals surface area (Å²) in [5.41, 5.74) is 1.12. The third-order valence-corrected chi connectivity index (χ3v) is 4.18. The normalized spacial score (nSPS) is 18.2. The van der Waals surface area contributed by atoms with E-state index in [1.165, 1.54) is 38.5 Å². The molecule has 1 fully saturated rings. The van der Waals surface area contributed by atoms with Crippen LogP contribution in [0, 0.1) is 12.8 Å². The molecule has 0 amide bonds. The molecule has 0 radical (unpaired) electrons. The molecule has 0 bridgehead atoms. The molecule has 0 aliphatic heterocycles. The predicted molar refractivity (Wildman–Crippen MR) is 81.6 cm³/mol. The van der Waals surface area contributed by atoms with Crippen molar-refractivity contribution in [2.75, 3.05) is 5.32 Å². The van der Waals surface area contributed by atoms with Crippen LogP contribution in [0.15, 0.2) is 6.20 Å². The Hall–Kier alpha value is -0.990. The highest BCUT2D eigenvalue weighted by Crippen LogP contribution is 2.26. The molecule has 0 aromatic carbocycles. The highest BCUT2D eigenvalue weighted by atomic mass is 15.2. The largest absolute Gasteiger partial charge is 0.353 e. The number of hydrogen-bond acceptors (Lipinski definition) is 2. The lowest BCUT2D eigenvalue weighted by molar-refractivity contribution is 0.441. The molecule has 0 saturated heterocycles. The third-order valence-electron chi connectivity index (χ3n) is 4.18. The van der Waals surface area contributed by atoms with Gasteiger partial charge in [0.1, 0.15) is 0 Å². The number of nitrogens with one attached hydrogen (secondary N) is 1. The molecule has 108 valence electrons. The van der Waals surface area contributed by atoms with Crippen molar-refractivity contribution < 1.29 is 0 Å². The van der Waals surface area contributed by atoms with Gasteiger partial charge in [0.15, 0.2) is 0 Å². The summed E-state index contributed by atoms with van der Waals surface area (Å²) in [6, 6.07) is 1.17. The molecule has 1 N–H and O–H groups in total. The van der Waals surface area contributed by atoms with Crippen molar-refractivity contribution in [1.29, 1.82) is 0 Å². The van der Waals surface area contributed by atoms with E-state index in [2.05, 4.69) is 48.8 Å². The Morgan fingerprint density at radius 2 is 1.95 bits per heavy atom. The smallest absolute Gasteiger partial charge is 0.203 e. The summed E-state index contributed by atoms with van der Waals surface area (Å²) in [4.78, 5) is 4.67. The summed E-state index contributed by atoms with van der Waals surface area (Å²) >= 11 is 0. The van der Waals surface area contributed by atoms with Gasteiger partial charge < -0.3 is 9.88 Å². The van der Waals surface area contributed by atoms with Gasteiger partial charge in [0.2, 0.25) is 5.95 Å². The third kappa shape index (κ3) is 3.99. The quantitative estimate of drug-likeness (QED) is 0.816. The van der Waals surface area contributed by atoms with Gasteiger partial charge in [-0.05, 0) is 45.4 Å². The minimum atomic E-state index is 0.535. The van der Waals surface area contributed by atoms with Gasteiger partial charge >= 0.3 is 0 Å². The van der Waals surface area contributed by atoms with Gasteiger partial charge in [-0.2, -0.15) is 0 Å². The molecule has 1 aliphatic rings. The van der Waals surface area contributed by atoms with E-state index in [9.17, 15) is 0 Å². The van der Waals surface area contributed by atoms with Crippen molar-refractivity contribution in [2.24, 2.45) is 5.92 Å². The molecular weight excluding hydrogens is 234 g/mol. The van der Waals surface area contributed by atoms with Gasteiger partial charge in [0.05, 0.1) is 5.69 Å². The Morgan fingerprint density at radius 1 is 1.26 bits per heavy atom. The topological polar surface area (TPSA) is 29.9 Å². The fourth-order valence-corrected chi connectivity index (χ4v) is 2.93. The van der Waals surface area contributed by atoms with E-state index in [0.717, 1.165) is 17.6 Å². The number of hydrogen-bond donors (Lipinski definition) is 1. The van der Waals surface area contributed by atoms with Crippen LogP contribution >= 0.6 is 0 Å². The second-order valence-corrected chi connectivity index (χ2v) is 6.56. The molecule has 3 heteroatoms. The van der Waals surface area contributed by atoms with Crippen LogP contribution in [0.5, 0.6) is 0 Å². The van der Waals surface area contributed by atoms with Crippen molar-refractivity contribution in [1.82, 2.24) is 9.55 Å². The summed E-state index contributed by atoms with van der Waals surface area (Å²) in [5.74, 6) is 1.86. The van der Waals surface area contributed by atoms with Crippen molar-refractivity contribution in [3.05, 3.63) is 11.9 Å². The summed E-state index contributed by atoms with van der Waals surface area (Å²) in [6.45, 7) is 8.99. The maximum atomic E-state index is 4.67. The number of rotatable bonds is 6. The maximum Gasteiger partial charge on any atom is 0.203 e. The molecule has 3 nitrogen and oxygen atoms in total. The molecule has 2 rings (SSSR count). The van der Waals surface area contributed by atoms with Gasteiger partial charge in [0.25, 0.3) is 0 Å². The van der Waals surface area contributed by atoms with E-state index in [1.807, 2.05) is 0 Å². The van der Waals surface area contributed by atoms with Crippen molar-refractivity contribution >= 4 is 5.95 Å². The van der Waals surface area contributed by atoms with Crippen LogP contribution in [0.3, 0.4) is 0 Å². The number of nitrogens with zero attached hydrogens (tertiary/aromatic N) is 2. The Labute approximate surface area is 117 Å². The van der Waals surface area contributed by atoms with Crippen LogP contribution in [-0.2, 0) is 0 Å². The Bertz CT molecular complexity index is 389. The van der Waals surface area contributed by atoms with Crippen LogP contribution in [0.2, 0.25) is 0 Å². The van der Waals surface area contributed by atoms with Gasteiger partial charge in [-0.3, -0.25) is 0 Å². The summed E-state index contributed by atoms with van der Waals surface area (Å²) in [7, 11) is 0. The summed E-state index contributed by atoms with van der Waals surface area (Å²) in [5, 5.41) is 3.65. The number of anilines is 1. The Kier molecular flexibility index (Phi) is 4.89. The zero-order chi connectivity index (χ0) is 13.8. The minimum Gasteiger partial charge on any atom is -0.353 e. The molecule has 1 aromatic heterocycles. The summed E-state index contributed by atoms with van der Waals surface area (Å²) in [6.07, 6.45) is 10.0. The minimum absolute atomic E-state index is 0.535. The fourth-order valence-electron chi connectivity index (χ4n) is 2.93. The van der Waals surface area contributed by atoms with E-state index < -0.39 is 0 Å². The van der Waals surface area contributed by atoms with E-state index in [4.69, 9.17) is 0 Å². The predicted octanol–water partition coefficient (Wildman–Crippen LogP) is 4.54. The van der Waals surface area contributed by atoms with Crippen LogP contribution in [0.1, 0.15) is 71.0 Å². The first kappa shape index (κ1) is 14.4. The first-order valence-corrected chi connectivity index (χ1v) is 7.88. The highest BCUT2D eigenvalue weighted by Gasteiger charge is 2.19. The van der Waals surface area contributed by atoms with E-state index in [0.29, 0.717) is 12.1 Å². The first-order valence-electron chi connectivity index (χ1n) is 7.88. The lowest BCUT2D eigenvalue weighted by Gasteiger charge is -2.20. The van der Waals surface area contributed by atoms with E-state index >= 15 is 0 Å². The first-order chi connectivity index (χ1) is 9.06. The molecule has 0 spiro atoms. The van der Waals surface area contributed by atoms with Crippen molar-refractivity contribution in [2.45, 2.75) is 78.3 Å². The molecule has 1 aliphatic carbocycles. The van der Waals surface area contributed by atoms with E-state index in [-0.39, 0.29) is 0 Å². The zero-order valence-electron chi connectivity index (χ0n) is 12.9. The average molecular weight is 263 g/mol. The van der Waals surface area contributed by atoms with Crippen LogP contribution < -0.4 is 5.32 Å². The Balaban J connectivity index is 2.01. The van der Waals surface area contributed by atoms with Crippen LogP contribution in [-0.4, -0.2) is 15.6 Å². The SMILES string of the molecule is Cc1cn(C(C)CCC(C)C)c(NC2CCCC2)n1. The van der Waals surface area contributed by atoms with Gasteiger partial charge in [-0.1, -0.05) is 26.7 Å². The van der Waals surface area contributed by atoms with Crippen molar-refractivity contribution in [3.63, 3.8) is 0 Å². The monoisotopic (exact) mass is 263 g/mol. The van der Waals surface area contributed by atoms with Gasteiger partial charge in [-0.15, -0.1) is 0 Å². The lowest BCUT2D eigenvalue weighted by Crippen LogP contribution is -2.19. The van der Waals surface area contributed by atoms with Crippen molar-refractivity contribution in [3.8, 4) is 0 Å². The standard InChI is InChI=1S/C16H29N3/c1-12(2)9-10-14(4)19-11-13(3)17-16(19)18-15-7-5-6-8-15/h11-12,14-15H,5-10H2,1-4H3,(H,17,18). The zero-order valence-corrected chi connectivity index (χ0v) is 12.9. The lowest BCUT2D eigenvalue weighted by atomic mass is 10.0. The molecular formula is C16H29N3. The van der Waals surface area contributed by atoms with Crippen LogP contribution in [0.4, 0.5) is 5.95 Å². The average Bonchev–Trinajstić information content (AvgIpc) is 2.96. The second kappa shape index (κ2) is 6.44. The molecule has 1 aromatic rings. The molecule has 1 heterocycles. The van der Waals surface area contributed by atoms with Gasteiger partial charge in [-0.25, -0.2) is 4.98 Å². The number of aryl methyl sites for hydroxylation is 1. The molecule has 1 saturated carbocycles. The Morgan fingerprint density at radius 3 is 2.58 bits per heavy atom.